The number of hydrogen-bond acceptors (Lipinski definition) is 2. The zero-order valence-electron chi connectivity index (χ0n) is 6.99. The highest BCUT2D eigenvalue weighted by Crippen LogP contribution is 2.11. The fraction of sp³-hybridized carbons (Fsp3) is 0.333. The summed E-state index contributed by atoms with van der Waals surface area (Å²) < 4.78 is 21.5. The molecule has 0 unspecified atom stereocenters. The van der Waals surface area contributed by atoms with Crippen molar-refractivity contribution < 1.29 is 8.42 Å². The molecule has 0 atom stereocenters. The molecular weight excluding hydrogens is 172 g/mol. The van der Waals surface area contributed by atoms with Gasteiger partial charge in [-0.3, -0.25) is 0 Å². The maximum atomic E-state index is 10.7. The van der Waals surface area contributed by atoms with E-state index in [9.17, 15) is 8.42 Å². The van der Waals surface area contributed by atoms with Crippen molar-refractivity contribution in [3.8, 4) is 0 Å². The van der Waals surface area contributed by atoms with E-state index in [2.05, 4.69) is 0 Å². The Balaban J connectivity index is 3.08. The third-order valence-corrected chi connectivity index (χ3v) is 2.54. The number of aryl methyl sites for hydroxylation is 1. The van der Waals surface area contributed by atoms with E-state index in [1.54, 1.807) is 12.1 Å². The Kier molecular flexibility index (Phi) is 3.29. The van der Waals surface area contributed by atoms with Crippen LogP contribution < -0.4 is 0 Å². The van der Waals surface area contributed by atoms with Gasteiger partial charge in [0.2, 0.25) is 0 Å². The monoisotopic (exact) mass is 184 g/mol. The average Bonchev–Trinajstić information content (AvgIpc) is 2.05. The van der Waals surface area contributed by atoms with E-state index in [0.29, 0.717) is 4.90 Å². The maximum absolute atomic E-state index is 10.7. The smallest absolute Gasteiger partial charge is 0.168 e. The van der Waals surface area contributed by atoms with Gasteiger partial charge in [-0.25, -0.2) is 8.42 Å². The molecule has 1 aromatic carbocycles. The van der Waals surface area contributed by atoms with Crippen LogP contribution in [0.25, 0.3) is 0 Å². The van der Waals surface area contributed by atoms with Crippen LogP contribution in [0.15, 0.2) is 29.2 Å². The Bertz CT molecular complexity index is 321. The lowest BCUT2D eigenvalue weighted by atomic mass is 10.1. The molecule has 2 nitrogen and oxygen atoms in total. The molecule has 0 saturated heterocycles. The lowest BCUT2D eigenvalue weighted by Crippen LogP contribution is -1.90. The largest absolute Gasteiger partial charge is 0.227 e. The van der Waals surface area contributed by atoms with Crippen LogP contribution in [0.1, 0.15) is 18.9 Å². The molecule has 0 radical (unpaired) electrons. The number of benzene rings is 1. The second-order valence-corrected chi connectivity index (χ2v) is 3.63. The van der Waals surface area contributed by atoms with Crippen molar-refractivity contribution in [2.75, 3.05) is 0 Å². The molecular formula is C9H12O2S. The summed E-state index contributed by atoms with van der Waals surface area (Å²) in [4.78, 5) is 0.467. The first-order valence-electron chi connectivity index (χ1n) is 3.98. The molecule has 0 aromatic heterocycles. The van der Waals surface area contributed by atoms with Gasteiger partial charge in [0, 0.05) is 0 Å². The quantitative estimate of drug-likeness (QED) is 0.724. The minimum atomic E-state index is -2.43. The fourth-order valence-corrected chi connectivity index (χ4v) is 1.80. The van der Waals surface area contributed by atoms with Gasteiger partial charge in [-0.2, -0.15) is 0 Å². The Morgan fingerprint density at radius 2 is 1.92 bits per heavy atom. The van der Waals surface area contributed by atoms with Crippen molar-refractivity contribution in [3.63, 3.8) is 0 Å². The first-order chi connectivity index (χ1) is 5.75. The highest BCUT2D eigenvalue weighted by molar-refractivity contribution is 7.72. The second-order valence-electron chi connectivity index (χ2n) is 2.64. The summed E-state index contributed by atoms with van der Waals surface area (Å²) in [6, 6.07) is 7.13. The van der Waals surface area contributed by atoms with Gasteiger partial charge in [0.25, 0.3) is 0 Å². The molecule has 3 heteroatoms. The van der Waals surface area contributed by atoms with Gasteiger partial charge in [-0.1, -0.05) is 31.5 Å². The van der Waals surface area contributed by atoms with Crippen LogP contribution in [0.5, 0.6) is 0 Å². The van der Waals surface area contributed by atoms with Crippen LogP contribution in [-0.4, -0.2) is 8.42 Å². The predicted molar refractivity (Wildman–Crippen MR) is 49.0 cm³/mol. The van der Waals surface area contributed by atoms with Crippen LogP contribution >= 0.6 is 0 Å². The molecule has 66 valence electrons. The minimum Gasteiger partial charge on any atom is -0.227 e. The highest BCUT2D eigenvalue weighted by atomic mass is 32.2. The second kappa shape index (κ2) is 4.26. The standard InChI is InChI=1S/C9H12O2S/c1-2-5-8-6-3-4-7-9(8)12(10)11/h3-4,6-7,12H,2,5H2,1H3. The summed E-state index contributed by atoms with van der Waals surface area (Å²) in [5.74, 6) is 0. The van der Waals surface area contributed by atoms with E-state index in [-0.39, 0.29) is 0 Å². The van der Waals surface area contributed by atoms with Crippen molar-refractivity contribution in [1.82, 2.24) is 0 Å². The number of thiol groups is 1. The summed E-state index contributed by atoms with van der Waals surface area (Å²) >= 11 is 0. The van der Waals surface area contributed by atoms with E-state index < -0.39 is 10.7 Å². The Morgan fingerprint density at radius 3 is 2.50 bits per heavy atom. The van der Waals surface area contributed by atoms with E-state index >= 15 is 0 Å². The molecule has 12 heavy (non-hydrogen) atoms. The molecule has 0 saturated carbocycles. The van der Waals surface area contributed by atoms with Crippen LogP contribution in [-0.2, 0) is 17.1 Å². The van der Waals surface area contributed by atoms with E-state index in [0.717, 1.165) is 18.4 Å². The van der Waals surface area contributed by atoms with Crippen LogP contribution in [0, 0.1) is 0 Å². The van der Waals surface area contributed by atoms with Gasteiger partial charge in [0.1, 0.15) is 0 Å². The summed E-state index contributed by atoms with van der Waals surface area (Å²) in [5, 5.41) is 0. The van der Waals surface area contributed by atoms with E-state index in [1.165, 1.54) is 0 Å². The molecule has 0 aliphatic rings. The van der Waals surface area contributed by atoms with Crippen LogP contribution in [0.4, 0.5) is 0 Å². The van der Waals surface area contributed by atoms with Crippen LogP contribution in [0.3, 0.4) is 0 Å². The van der Waals surface area contributed by atoms with Crippen molar-refractivity contribution in [3.05, 3.63) is 29.8 Å². The van der Waals surface area contributed by atoms with Crippen LogP contribution in [0.2, 0.25) is 0 Å². The van der Waals surface area contributed by atoms with Gasteiger partial charge in [-0.05, 0) is 18.1 Å². The summed E-state index contributed by atoms with van der Waals surface area (Å²) in [6.07, 6.45) is 1.81. The normalized spacial score (nSPS) is 10.5. The van der Waals surface area contributed by atoms with E-state index in [1.807, 2.05) is 19.1 Å². The Labute approximate surface area is 74.2 Å². The zero-order chi connectivity index (χ0) is 8.97. The minimum absolute atomic E-state index is 0.467. The average molecular weight is 184 g/mol. The molecule has 0 amide bonds. The predicted octanol–water partition coefficient (Wildman–Crippen LogP) is 1.61. The molecule has 1 aromatic rings. The van der Waals surface area contributed by atoms with Crippen molar-refractivity contribution in [2.45, 2.75) is 24.7 Å². The van der Waals surface area contributed by atoms with E-state index in [4.69, 9.17) is 0 Å². The molecule has 0 spiro atoms. The lowest BCUT2D eigenvalue weighted by Gasteiger charge is -2.00. The first-order valence-corrected chi connectivity index (χ1v) is 5.15. The summed E-state index contributed by atoms with van der Waals surface area (Å²) in [5.41, 5.74) is 0.927. The molecule has 0 heterocycles. The topological polar surface area (TPSA) is 34.1 Å². The van der Waals surface area contributed by atoms with Gasteiger partial charge in [-0.15, -0.1) is 0 Å². The third-order valence-electron chi connectivity index (χ3n) is 1.71. The Hall–Kier alpha value is -0.830. The molecule has 0 aliphatic heterocycles. The number of rotatable bonds is 3. The molecule has 0 fully saturated rings. The zero-order valence-corrected chi connectivity index (χ0v) is 7.88. The molecule has 1 rings (SSSR count). The SMILES string of the molecule is CCCc1ccccc1[SH](=O)=O. The molecule has 0 bridgehead atoms. The van der Waals surface area contributed by atoms with Gasteiger partial charge < -0.3 is 0 Å². The molecule has 0 aliphatic carbocycles. The summed E-state index contributed by atoms with van der Waals surface area (Å²) in [7, 11) is -2.43. The molecule has 0 N–H and O–H groups in total. The summed E-state index contributed by atoms with van der Waals surface area (Å²) in [6.45, 7) is 2.04. The van der Waals surface area contributed by atoms with Crippen molar-refractivity contribution in [1.29, 1.82) is 0 Å². The van der Waals surface area contributed by atoms with Gasteiger partial charge >= 0.3 is 0 Å². The first kappa shape index (κ1) is 9.26. The fourth-order valence-electron chi connectivity index (χ4n) is 1.17. The Morgan fingerprint density at radius 1 is 1.25 bits per heavy atom. The van der Waals surface area contributed by atoms with Crippen molar-refractivity contribution >= 4 is 10.7 Å². The van der Waals surface area contributed by atoms with Gasteiger partial charge in [0.05, 0.1) is 4.90 Å². The third kappa shape index (κ3) is 2.08. The highest BCUT2D eigenvalue weighted by Gasteiger charge is 2.01. The van der Waals surface area contributed by atoms with Crippen molar-refractivity contribution in [2.24, 2.45) is 0 Å². The van der Waals surface area contributed by atoms with Gasteiger partial charge in [0.15, 0.2) is 10.7 Å². The maximum Gasteiger partial charge on any atom is 0.168 e. The number of hydrogen-bond donors (Lipinski definition) is 1. The lowest BCUT2D eigenvalue weighted by molar-refractivity contribution is 0.613.